The van der Waals surface area contributed by atoms with Crippen LogP contribution < -0.4 is 0 Å². The van der Waals surface area contributed by atoms with Crippen LogP contribution in [0.15, 0.2) is 0 Å². The van der Waals surface area contributed by atoms with Crippen LogP contribution in [-0.2, 0) is 0 Å². The number of hydrogen-bond donors (Lipinski definition) is 0. The van der Waals surface area contributed by atoms with Crippen molar-refractivity contribution in [1.82, 2.24) is 4.90 Å². The van der Waals surface area contributed by atoms with E-state index in [2.05, 4.69) is 4.90 Å². The molecule has 1 nitrogen and oxygen atoms in total. The molecule has 2 bridgehead atoms. The van der Waals surface area contributed by atoms with Gasteiger partial charge in [0.25, 0.3) is 0 Å². The van der Waals surface area contributed by atoms with Gasteiger partial charge in [-0.1, -0.05) is 25.7 Å². The molecular formula is C13H23N. The number of hydrogen-bond acceptors (Lipinski definition) is 1. The van der Waals surface area contributed by atoms with Crippen LogP contribution in [0.4, 0.5) is 0 Å². The van der Waals surface area contributed by atoms with Crippen LogP contribution in [0, 0.1) is 0 Å². The summed E-state index contributed by atoms with van der Waals surface area (Å²) in [5.74, 6) is 0. The molecule has 0 N–H and O–H groups in total. The van der Waals surface area contributed by atoms with Gasteiger partial charge in [-0.2, -0.15) is 0 Å². The van der Waals surface area contributed by atoms with Crippen molar-refractivity contribution in [2.45, 2.75) is 82.3 Å². The summed E-state index contributed by atoms with van der Waals surface area (Å²) < 4.78 is 0. The molecule has 0 aromatic carbocycles. The average molecular weight is 193 g/mol. The lowest BCUT2D eigenvalue weighted by atomic mass is 9.90. The molecule has 14 heavy (non-hydrogen) atoms. The van der Waals surface area contributed by atoms with E-state index >= 15 is 0 Å². The first-order valence-electron chi connectivity index (χ1n) is 6.72. The molecule has 3 aliphatic rings. The van der Waals surface area contributed by atoms with Gasteiger partial charge in [0.2, 0.25) is 0 Å². The van der Waals surface area contributed by atoms with Crippen molar-refractivity contribution in [3.8, 4) is 0 Å². The Morgan fingerprint density at radius 3 is 1.64 bits per heavy atom. The van der Waals surface area contributed by atoms with Crippen molar-refractivity contribution in [2.24, 2.45) is 0 Å². The minimum absolute atomic E-state index is 0.988. The molecule has 80 valence electrons. The summed E-state index contributed by atoms with van der Waals surface area (Å²) in [6.45, 7) is 0. The quantitative estimate of drug-likeness (QED) is 0.617. The highest BCUT2D eigenvalue weighted by molar-refractivity contribution is 4.95. The Balaban J connectivity index is 1.70. The van der Waals surface area contributed by atoms with Crippen molar-refractivity contribution in [1.29, 1.82) is 0 Å². The number of piperidine rings is 1. The van der Waals surface area contributed by atoms with Gasteiger partial charge >= 0.3 is 0 Å². The molecule has 1 aliphatic carbocycles. The maximum absolute atomic E-state index is 2.95. The molecule has 1 heteroatoms. The summed E-state index contributed by atoms with van der Waals surface area (Å²) in [6, 6.07) is 2.98. The maximum Gasteiger partial charge on any atom is 0.0102 e. The van der Waals surface area contributed by atoms with Crippen LogP contribution in [0.2, 0.25) is 0 Å². The monoisotopic (exact) mass is 193 g/mol. The fraction of sp³-hybridized carbons (Fsp3) is 1.00. The summed E-state index contributed by atoms with van der Waals surface area (Å²) >= 11 is 0. The topological polar surface area (TPSA) is 3.24 Å². The van der Waals surface area contributed by atoms with E-state index in [1.54, 1.807) is 0 Å². The van der Waals surface area contributed by atoms with E-state index in [4.69, 9.17) is 0 Å². The molecule has 2 aliphatic heterocycles. The molecule has 2 saturated heterocycles. The van der Waals surface area contributed by atoms with E-state index in [-0.39, 0.29) is 0 Å². The Bertz CT molecular complexity index is 179. The van der Waals surface area contributed by atoms with Crippen molar-refractivity contribution in [3.05, 3.63) is 0 Å². The van der Waals surface area contributed by atoms with Gasteiger partial charge in [0.1, 0.15) is 0 Å². The first-order chi connectivity index (χ1) is 6.95. The van der Waals surface area contributed by atoms with E-state index in [1.165, 1.54) is 64.2 Å². The van der Waals surface area contributed by atoms with Crippen LogP contribution in [0.3, 0.4) is 0 Å². The van der Waals surface area contributed by atoms with E-state index in [9.17, 15) is 0 Å². The SMILES string of the molecule is C1CCC(N2C3CCCC2CC3)CC1. The van der Waals surface area contributed by atoms with Crippen LogP contribution in [-0.4, -0.2) is 23.0 Å². The molecule has 0 aromatic heterocycles. The molecule has 0 spiro atoms. The number of nitrogens with zero attached hydrogens (tertiary/aromatic N) is 1. The zero-order valence-electron chi connectivity index (χ0n) is 9.25. The highest BCUT2D eigenvalue weighted by Gasteiger charge is 2.40. The van der Waals surface area contributed by atoms with Gasteiger partial charge in [0, 0.05) is 18.1 Å². The Morgan fingerprint density at radius 2 is 1.00 bits per heavy atom. The average Bonchev–Trinajstić information content (AvgIpc) is 2.50. The maximum atomic E-state index is 2.95. The van der Waals surface area contributed by atoms with Gasteiger partial charge in [0.15, 0.2) is 0 Å². The van der Waals surface area contributed by atoms with Crippen molar-refractivity contribution in [2.75, 3.05) is 0 Å². The summed E-state index contributed by atoms with van der Waals surface area (Å²) in [5, 5.41) is 0. The van der Waals surface area contributed by atoms with E-state index in [0.29, 0.717) is 0 Å². The largest absolute Gasteiger partial charge is 0.294 e. The highest BCUT2D eigenvalue weighted by atomic mass is 15.2. The van der Waals surface area contributed by atoms with E-state index in [1.807, 2.05) is 0 Å². The van der Waals surface area contributed by atoms with Crippen LogP contribution >= 0.6 is 0 Å². The second kappa shape index (κ2) is 3.84. The van der Waals surface area contributed by atoms with Crippen LogP contribution in [0.25, 0.3) is 0 Å². The van der Waals surface area contributed by atoms with Crippen molar-refractivity contribution < 1.29 is 0 Å². The highest BCUT2D eigenvalue weighted by Crippen LogP contribution is 2.40. The summed E-state index contributed by atoms with van der Waals surface area (Å²) in [6.07, 6.45) is 15.1. The molecule has 3 rings (SSSR count). The summed E-state index contributed by atoms with van der Waals surface area (Å²) in [7, 11) is 0. The smallest absolute Gasteiger partial charge is 0.0102 e. The van der Waals surface area contributed by atoms with Crippen LogP contribution in [0.1, 0.15) is 64.2 Å². The third-order valence-corrected chi connectivity index (χ3v) is 4.75. The lowest BCUT2D eigenvalue weighted by Gasteiger charge is -2.42. The van der Waals surface area contributed by atoms with Crippen molar-refractivity contribution in [3.63, 3.8) is 0 Å². The van der Waals surface area contributed by atoms with E-state index < -0.39 is 0 Å². The third kappa shape index (κ3) is 1.50. The molecule has 2 unspecified atom stereocenters. The van der Waals surface area contributed by atoms with E-state index in [0.717, 1.165) is 18.1 Å². The molecular weight excluding hydrogens is 170 g/mol. The first kappa shape index (κ1) is 9.21. The Kier molecular flexibility index (Phi) is 2.53. The predicted octanol–water partition coefficient (Wildman–Crippen LogP) is 3.34. The Morgan fingerprint density at radius 1 is 0.500 bits per heavy atom. The van der Waals surface area contributed by atoms with Gasteiger partial charge in [-0.15, -0.1) is 0 Å². The number of rotatable bonds is 1. The normalized spacial score (nSPS) is 40.3. The zero-order valence-corrected chi connectivity index (χ0v) is 9.25. The lowest BCUT2D eigenvalue weighted by Crippen LogP contribution is -2.47. The lowest BCUT2D eigenvalue weighted by molar-refractivity contribution is 0.0655. The Hall–Kier alpha value is -0.0400. The molecule has 3 fully saturated rings. The molecule has 1 saturated carbocycles. The minimum atomic E-state index is 0.988. The number of fused-ring (bicyclic) bond motifs is 2. The van der Waals surface area contributed by atoms with Crippen molar-refractivity contribution >= 4 is 0 Å². The Labute approximate surface area is 87.9 Å². The van der Waals surface area contributed by atoms with Gasteiger partial charge in [-0.3, -0.25) is 4.90 Å². The third-order valence-electron chi connectivity index (χ3n) is 4.75. The minimum Gasteiger partial charge on any atom is -0.294 e. The van der Waals surface area contributed by atoms with Gasteiger partial charge < -0.3 is 0 Å². The summed E-state index contributed by atoms with van der Waals surface area (Å²) in [5.41, 5.74) is 0. The molecule has 2 atom stereocenters. The second-order valence-corrected chi connectivity index (χ2v) is 5.55. The second-order valence-electron chi connectivity index (χ2n) is 5.55. The molecule has 0 radical (unpaired) electrons. The fourth-order valence-electron chi connectivity index (χ4n) is 4.13. The zero-order chi connectivity index (χ0) is 9.38. The molecule has 2 heterocycles. The fourth-order valence-corrected chi connectivity index (χ4v) is 4.13. The molecule has 0 aromatic rings. The van der Waals surface area contributed by atoms with Gasteiger partial charge in [-0.05, 0) is 38.5 Å². The van der Waals surface area contributed by atoms with Gasteiger partial charge in [0.05, 0.1) is 0 Å². The first-order valence-corrected chi connectivity index (χ1v) is 6.72. The standard InChI is InChI=1S/C13H23N/c1-2-5-11(6-3-1)14-12-7-4-8-13(14)10-9-12/h11-13H,1-10H2. The predicted molar refractivity (Wildman–Crippen MR) is 59.4 cm³/mol. The van der Waals surface area contributed by atoms with Gasteiger partial charge in [-0.25, -0.2) is 0 Å². The van der Waals surface area contributed by atoms with Crippen LogP contribution in [0.5, 0.6) is 0 Å². The summed E-state index contributed by atoms with van der Waals surface area (Å²) in [4.78, 5) is 2.95. The molecule has 0 amide bonds.